The molecule has 1 unspecified atom stereocenters. The second-order valence-electron chi connectivity index (χ2n) is 2.65. The number of carboxylic acid groups (broad SMARTS) is 1. The zero-order chi connectivity index (χ0) is 11.8. The molecule has 0 fully saturated rings. The predicted octanol–water partition coefficient (Wildman–Crippen LogP) is -0.305. The van der Waals surface area contributed by atoms with Crippen LogP contribution in [0.5, 0.6) is 0 Å². The summed E-state index contributed by atoms with van der Waals surface area (Å²) in [7, 11) is 0. The van der Waals surface area contributed by atoms with E-state index in [1.54, 1.807) is 6.92 Å². The molecular weight excluding hydrogens is 202 g/mol. The third-order valence-corrected chi connectivity index (χ3v) is 1.38. The average molecular weight is 215 g/mol. The first-order valence-corrected chi connectivity index (χ1v) is 4.35. The smallest absolute Gasteiger partial charge is 0.328 e. The van der Waals surface area contributed by atoms with Crippen LogP contribution in [0.15, 0.2) is 12.2 Å². The standard InChI is InChI=1S/C9H13NO5/c1-3-15-9(14)6(2)10-7(11)4-5-8(12)13/h4-6H,3H2,1-2H3,(H,10,11)(H,12,13)/b5-4+. The maximum atomic E-state index is 11.0. The van der Waals surface area contributed by atoms with Crippen LogP contribution in [-0.2, 0) is 19.1 Å². The lowest BCUT2D eigenvalue weighted by Crippen LogP contribution is -2.38. The average Bonchev–Trinajstić information content (AvgIpc) is 2.15. The fourth-order valence-corrected chi connectivity index (χ4v) is 0.735. The molecule has 84 valence electrons. The van der Waals surface area contributed by atoms with Crippen molar-refractivity contribution in [3.8, 4) is 0 Å². The number of ether oxygens (including phenoxy) is 1. The highest BCUT2D eigenvalue weighted by Gasteiger charge is 2.14. The Labute approximate surface area is 86.9 Å². The minimum atomic E-state index is -1.23. The molecule has 2 N–H and O–H groups in total. The number of amides is 1. The first kappa shape index (κ1) is 13.2. The van der Waals surface area contributed by atoms with E-state index in [2.05, 4.69) is 10.1 Å². The Morgan fingerprint density at radius 3 is 2.47 bits per heavy atom. The molecule has 0 aliphatic heterocycles. The number of aliphatic carboxylic acids is 1. The molecule has 15 heavy (non-hydrogen) atoms. The maximum absolute atomic E-state index is 11.0. The molecule has 0 aliphatic carbocycles. The molecule has 0 aliphatic rings. The van der Waals surface area contributed by atoms with Crippen molar-refractivity contribution in [3.63, 3.8) is 0 Å². The van der Waals surface area contributed by atoms with Gasteiger partial charge in [0.2, 0.25) is 5.91 Å². The fourth-order valence-electron chi connectivity index (χ4n) is 0.735. The molecule has 0 radical (unpaired) electrons. The Morgan fingerprint density at radius 1 is 1.40 bits per heavy atom. The zero-order valence-corrected chi connectivity index (χ0v) is 8.52. The quantitative estimate of drug-likeness (QED) is 0.485. The van der Waals surface area contributed by atoms with Gasteiger partial charge < -0.3 is 15.2 Å². The summed E-state index contributed by atoms with van der Waals surface area (Å²) in [4.78, 5) is 32.1. The summed E-state index contributed by atoms with van der Waals surface area (Å²) in [6, 6.07) is -0.795. The van der Waals surface area contributed by atoms with Crippen LogP contribution in [0.1, 0.15) is 13.8 Å². The van der Waals surface area contributed by atoms with Crippen molar-refractivity contribution < 1.29 is 24.2 Å². The van der Waals surface area contributed by atoms with Crippen LogP contribution in [0, 0.1) is 0 Å². The molecule has 0 saturated carbocycles. The molecule has 0 rings (SSSR count). The van der Waals surface area contributed by atoms with E-state index in [0.717, 1.165) is 6.08 Å². The van der Waals surface area contributed by atoms with Crippen LogP contribution in [-0.4, -0.2) is 35.6 Å². The second-order valence-corrected chi connectivity index (χ2v) is 2.65. The van der Waals surface area contributed by atoms with Crippen molar-refractivity contribution in [1.29, 1.82) is 0 Å². The third kappa shape index (κ3) is 6.25. The van der Waals surface area contributed by atoms with E-state index in [9.17, 15) is 14.4 Å². The Hall–Kier alpha value is -1.85. The number of esters is 1. The largest absolute Gasteiger partial charge is 0.478 e. The molecule has 0 aromatic heterocycles. The van der Waals surface area contributed by atoms with Gasteiger partial charge in [-0.25, -0.2) is 9.59 Å². The monoisotopic (exact) mass is 215 g/mol. The molecule has 6 nitrogen and oxygen atoms in total. The van der Waals surface area contributed by atoms with Crippen molar-refractivity contribution in [2.24, 2.45) is 0 Å². The van der Waals surface area contributed by atoms with E-state index in [1.807, 2.05) is 0 Å². The van der Waals surface area contributed by atoms with E-state index < -0.39 is 23.9 Å². The normalized spacial score (nSPS) is 12.1. The summed E-state index contributed by atoms with van der Waals surface area (Å²) in [5, 5.41) is 10.5. The Kier molecular flexibility index (Phi) is 5.77. The number of hydrogen-bond acceptors (Lipinski definition) is 4. The van der Waals surface area contributed by atoms with Crippen LogP contribution in [0.3, 0.4) is 0 Å². The summed E-state index contributed by atoms with van der Waals surface area (Å²) in [5.41, 5.74) is 0. The van der Waals surface area contributed by atoms with E-state index in [1.165, 1.54) is 6.92 Å². The van der Waals surface area contributed by atoms with Crippen molar-refractivity contribution in [3.05, 3.63) is 12.2 Å². The second kappa shape index (κ2) is 6.58. The predicted molar refractivity (Wildman–Crippen MR) is 51.0 cm³/mol. The topological polar surface area (TPSA) is 92.7 Å². The summed E-state index contributed by atoms with van der Waals surface area (Å²) < 4.78 is 4.64. The maximum Gasteiger partial charge on any atom is 0.328 e. The summed E-state index contributed by atoms with van der Waals surface area (Å²) in [6.07, 6.45) is 1.52. The van der Waals surface area contributed by atoms with Crippen LogP contribution < -0.4 is 5.32 Å². The molecule has 0 bridgehead atoms. The van der Waals surface area contributed by atoms with Gasteiger partial charge in [-0.1, -0.05) is 0 Å². The number of hydrogen-bond donors (Lipinski definition) is 2. The lowest BCUT2D eigenvalue weighted by molar-refractivity contribution is -0.146. The number of carboxylic acids is 1. The van der Waals surface area contributed by atoms with Crippen molar-refractivity contribution >= 4 is 17.8 Å². The van der Waals surface area contributed by atoms with E-state index >= 15 is 0 Å². The first-order chi connectivity index (χ1) is 6.97. The highest BCUT2D eigenvalue weighted by Crippen LogP contribution is 1.88. The molecule has 0 aromatic rings. The molecule has 6 heteroatoms. The zero-order valence-electron chi connectivity index (χ0n) is 8.52. The lowest BCUT2D eigenvalue weighted by atomic mass is 10.3. The molecule has 1 atom stereocenters. The summed E-state index contributed by atoms with van der Waals surface area (Å²) in [5.74, 6) is -2.44. The lowest BCUT2D eigenvalue weighted by Gasteiger charge is -2.10. The van der Waals surface area contributed by atoms with Crippen molar-refractivity contribution in [1.82, 2.24) is 5.32 Å². The van der Waals surface area contributed by atoms with Gasteiger partial charge in [0.15, 0.2) is 0 Å². The van der Waals surface area contributed by atoms with Gasteiger partial charge in [0, 0.05) is 12.2 Å². The van der Waals surface area contributed by atoms with Crippen LogP contribution >= 0.6 is 0 Å². The Bertz CT molecular complexity index is 284. The third-order valence-electron chi connectivity index (χ3n) is 1.38. The molecule has 1 amide bonds. The number of nitrogens with one attached hydrogen (secondary N) is 1. The summed E-state index contributed by atoms with van der Waals surface area (Å²) in [6.45, 7) is 3.32. The van der Waals surface area contributed by atoms with Crippen LogP contribution in [0.4, 0.5) is 0 Å². The molecule has 0 aromatic carbocycles. The highest BCUT2D eigenvalue weighted by molar-refractivity contribution is 5.95. The van der Waals surface area contributed by atoms with E-state index in [4.69, 9.17) is 5.11 Å². The van der Waals surface area contributed by atoms with Gasteiger partial charge >= 0.3 is 11.9 Å². The minimum Gasteiger partial charge on any atom is -0.478 e. The van der Waals surface area contributed by atoms with Gasteiger partial charge in [0.1, 0.15) is 6.04 Å². The van der Waals surface area contributed by atoms with E-state index in [-0.39, 0.29) is 6.61 Å². The van der Waals surface area contributed by atoms with Gasteiger partial charge in [-0.15, -0.1) is 0 Å². The van der Waals surface area contributed by atoms with Crippen molar-refractivity contribution in [2.75, 3.05) is 6.61 Å². The SMILES string of the molecule is CCOC(=O)C(C)NC(=O)/C=C/C(=O)O. The van der Waals surface area contributed by atoms with Gasteiger partial charge in [-0.3, -0.25) is 4.79 Å². The highest BCUT2D eigenvalue weighted by atomic mass is 16.5. The van der Waals surface area contributed by atoms with Crippen LogP contribution in [0.2, 0.25) is 0 Å². The Morgan fingerprint density at radius 2 is 2.00 bits per heavy atom. The number of carbonyl (C=O) groups excluding carboxylic acids is 2. The minimum absolute atomic E-state index is 0.226. The van der Waals surface area contributed by atoms with E-state index in [0.29, 0.717) is 6.08 Å². The number of carbonyl (C=O) groups is 3. The molecule has 0 spiro atoms. The van der Waals surface area contributed by atoms with Crippen LogP contribution in [0.25, 0.3) is 0 Å². The fraction of sp³-hybridized carbons (Fsp3) is 0.444. The molecular formula is C9H13NO5. The number of rotatable bonds is 5. The first-order valence-electron chi connectivity index (χ1n) is 4.35. The van der Waals surface area contributed by atoms with Gasteiger partial charge in [-0.2, -0.15) is 0 Å². The van der Waals surface area contributed by atoms with Gasteiger partial charge in [-0.05, 0) is 13.8 Å². The van der Waals surface area contributed by atoms with Gasteiger partial charge in [0.25, 0.3) is 0 Å². The van der Waals surface area contributed by atoms with Gasteiger partial charge in [0.05, 0.1) is 6.61 Å². The Balaban J connectivity index is 4.06. The van der Waals surface area contributed by atoms with Crippen molar-refractivity contribution in [2.45, 2.75) is 19.9 Å². The summed E-state index contributed by atoms with van der Waals surface area (Å²) >= 11 is 0. The molecule has 0 heterocycles. The molecule has 0 saturated heterocycles.